The second kappa shape index (κ2) is 9.48. The fraction of sp³-hybridized carbons (Fsp3) is 0.0769. The van der Waals surface area contributed by atoms with Crippen LogP contribution in [0.1, 0.15) is 27.8 Å². The maximum absolute atomic E-state index is 14.3. The number of halogens is 2. The fourth-order valence-electron chi connectivity index (χ4n) is 3.79. The lowest BCUT2D eigenvalue weighted by Crippen LogP contribution is -2.23. The van der Waals surface area contributed by atoms with E-state index in [1.165, 1.54) is 22.8 Å². The number of hydrogen-bond acceptors (Lipinski definition) is 0. The summed E-state index contributed by atoms with van der Waals surface area (Å²) in [6, 6.07) is 36.3. The standard InChI is InChI=1S/C26H22FP.BrH/c27-25-18-10-8-12-21(25)19-20-11-7-9-17-24(20)26(28,22-13-3-1-4-14-22)23-15-5-2-6-16-23;/h1-18H,19,28H2;1H. The summed E-state index contributed by atoms with van der Waals surface area (Å²) in [4.78, 5) is 0. The van der Waals surface area contributed by atoms with Gasteiger partial charge in [0.15, 0.2) is 0 Å². The van der Waals surface area contributed by atoms with Gasteiger partial charge in [0, 0.05) is 6.42 Å². The van der Waals surface area contributed by atoms with Gasteiger partial charge in [0.1, 0.15) is 5.82 Å². The average molecular weight is 465 g/mol. The molecule has 0 amide bonds. The van der Waals surface area contributed by atoms with Crippen LogP contribution >= 0.6 is 26.2 Å². The molecule has 0 heterocycles. The third-order valence-electron chi connectivity index (χ3n) is 5.24. The van der Waals surface area contributed by atoms with Crippen molar-refractivity contribution in [2.24, 2.45) is 0 Å². The van der Waals surface area contributed by atoms with Gasteiger partial charge in [0.2, 0.25) is 0 Å². The van der Waals surface area contributed by atoms with Gasteiger partial charge in [-0.1, -0.05) is 103 Å². The molecule has 3 heteroatoms. The van der Waals surface area contributed by atoms with Crippen LogP contribution in [0, 0.1) is 5.82 Å². The fourth-order valence-corrected chi connectivity index (χ4v) is 4.45. The molecule has 1 unspecified atom stereocenters. The molecule has 29 heavy (non-hydrogen) atoms. The van der Waals surface area contributed by atoms with Gasteiger partial charge in [-0.2, -0.15) is 0 Å². The third kappa shape index (κ3) is 4.34. The normalized spacial score (nSPS) is 11.0. The molecule has 0 aliphatic carbocycles. The summed E-state index contributed by atoms with van der Waals surface area (Å²) in [5.74, 6) is -0.161. The largest absolute Gasteiger partial charge is 0.207 e. The van der Waals surface area contributed by atoms with Crippen molar-refractivity contribution in [1.82, 2.24) is 0 Å². The Morgan fingerprint density at radius 2 is 1.03 bits per heavy atom. The zero-order valence-electron chi connectivity index (χ0n) is 16.0. The zero-order chi connectivity index (χ0) is 19.4. The highest BCUT2D eigenvalue weighted by molar-refractivity contribution is 8.93. The van der Waals surface area contributed by atoms with Gasteiger partial charge in [-0.3, -0.25) is 0 Å². The highest BCUT2D eigenvalue weighted by atomic mass is 79.9. The molecule has 0 aromatic heterocycles. The molecule has 0 spiro atoms. The Hall–Kier alpha value is -2.28. The second-order valence-electron chi connectivity index (χ2n) is 6.97. The van der Waals surface area contributed by atoms with Gasteiger partial charge in [0.25, 0.3) is 0 Å². The zero-order valence-corrected chi connectivity index (χ0v) is 18.8. The maximum atomic E-state index is 14.3. The topological polar surface area (TPSA) is 0 Å². The van der Waals surface area contributed by atoms with Gasteiger partial charge < -0.3 is 0 Å². The lowest BCUT2D eigenvalue weighted by molar-refractivity contribution is 0.613. The first-order valence-corrected chi connectivity index (χ1v) is 9.99. The summed E-state index contributed by atoms with van der Waals surface area (Å²) in [6.45, 7) is 0. The molecular formula is C26H23BrFP. The Morgan fingerprint density at radius 1 is 0.586 bits per heavy atom. The SMILES string of the molecule is Br.Fc1ccccc1Cc1ccccc1C(P)(c1ccccc1)c1ccccc1. The van der Waals surface area contributed by atoms with Crippen LogP contribution in [0.5, 0.6) is 0 Å². The van der Waals surface area contributed by atoms with Gasteiger partial charge in [0.05, 0.1) is 5.16 Å². The van der Waals surface area contributed by atoms with E-state index in [1.54, 1.807) is 6.07 Å². The van der Waals surface area contributed by atoms with Crippen LogP contribution < -0.4 is 0 Å². The lowest BCUT2D eigenvalue weighted by atomic mass is 9.80. The Morgan fingerprint density at radius 3 is 1.59 bits per heavy atom. The highest BCUT2D eigenvalue weighted by Crippen LogP contribution is 2.46. The maximum Gasteiger partial charge on any atom is 0.126 e. The lowest BCUT2D eigenvalue weighted by Gasteiger charge is -2.33. The molecular weight excluding hydrogens is 442 g/mol. The minimum atomic E-state index is -0.412. The first-order chi connectivity index (χ1) is 13.7. The van der Waals surface area contributed by atoms with Crippen molar-refractivity contribution in [3.8, 4) is 0 Å². The van der Waals surface area contributed by atoms with Crippen LogP contribution in [0.25, 0.3) is 0 Å². The molecule has 146 valence electrons. The predicted octanol–water partition coefficient (Wildman–Crippen LogP) is 7.16. The van der Waals surface area contributed by atoms with Crippen LogP contribution in [0.3, 0.4) is 0 Å². The molecule has 0 aliphatic rings. The van der Waals surface area contributed by atoms with E-state index < -0.39 is 5.16 Å². The van der Waals surface area contributed by atoms with Crippen LogP contribution in [-0.4, -0.2) is 0 Å². The Balaban J connectivity index is 0.00000240. The van der Waals surface area contributed by atoms with E-state index in [0.29, 0.717) is 12.0 Å². The summed E-state index contributed by atoms with van der Waals surface area (Å²) in [6.07, 6.45) is 0.554. The molecule has 4 aromatic rings. The summed E-state index contributed by atoms with van der Waals surface area (Å²) in [5.41, 5.74) is 5.37. The molecule has 0 saturated carbocycles. The van der Waals surface area contributed by atoms with Gasteiger partial charge in [-0.15, -0.1) is 26.2 Å². The van der Waals surface area contributed by atoms with E-state index in [-0.39, 0.29) is 22.8 Å². The van der Waals surface area contributed by atoms with E-state index >= 15 is 0 Å². The Labute approximate surface area is 184 Å². The predicted molar refractivity (Wildman–Crippen MR) is 128 cm³/mol. The van der Waals surface area contributed by atoms with Crippen molar-refractivity contribution in [3.05, 3.63) is 143 Å². The van der Waals surface area contributed by atoms with Crippen molar-refractivity contribution in [3.63, 3.8) is 0 Å². The van der Waals surface area contributed by atoms with E-state index in [2.05, 4.69) is 76.0 Å². The van der Waals surface area contributed by atoms with Crippen LogP contribution in [0.4, 0.5) is 4.39 Å². The molecule has 4 rings (SSSR count). The molecule has 0 radical (unpaired) electrons. The minimum Gasteiger partial charge on any atom is -0.207 e. The van der Waals surface area contributed by atoms with Crippen molar-refractivity contribution < 1.29 is 4.39 Å². The van der Waals surface area contributed by atoms with E-state index in [0.717, 1.165) is 5.56 Å². The average Bonchev–Trinajstić information content (AvgIpc) is 2.76. The van der Waals surface area contributed by atoms with Crippen molar-refractivity contribution >= 4 is 26.2 Å². The molecule has 4 aromatic carbocycles. The molecule has 0 nitrogen and oxygen atoms in total. The monoisotopic (exact) mass is 464 g/mol. The van der Waals surface area contributed by atoms with Crippen LogP contribution in [0.2, 0.25) is 0 Å². The summed E-state index contributed by atoms with van der Waals surface area (Å²) < 4.78 is 14.3. The molecule has 0 N–H and O–H groups in total. The van der Waals surface area contributed by atoms with Crippen molar-refractivity contribution in [2.75, 3.05) is 0 Å². The summed E-state index contributed by atoms with van der Waals surface area (Å²) in [5, 5.41) is -0.412. The summed E-state index contributed by atoms with van der Waals surface area (Å²) in [7, 11) is 3.08. The number of rotatable bonds is 5. The van der Waals surface area contributed by atoms with E-state index in [9.17, 15) is 4.39 Å². The summed E-state index contributed by atoms with van der Waals surface area (Å²) >= 11 is 0. The van der Waals surface area contributed by atoms with Crippen LogP contribution in [0.15, 0.2) is 109 Å². The smallest absolute Gasteiger partial charge is 0.126 e. The van der Waals surface area contributed by atoms with E-state index in [4.69, 9.17) is 0 Å². The van der Waals surface area contributed by atoms with Crippen LogP contribution in [-0.2, 0) is 11.6 Å². The quantitative estimate of drug-likeness (QED) is 0.217. The first-order valence-electron chi connectivity index (χ1n) is 9.41. The molecule has 0 bridgehead atoms. The number of benzene rings is 4. The van der Waals surface area contributed by atoms with Gasteiger partial charge in [-0.05, 0) is 33.9 Å². The molecule has 0 fully saturated rings. The first kappa shape index (κ1) is 21.4. The second-order valence-corrected chi connectivity index (χ2v) is 7.83. The Bertz CT molecular complexity index is 1020. The highest BCUT2D eigenvalue weighted by Gasteiger charge is 2.33. The molecule has 1 atom stereocenters. The Kier molecular flexibility index (Phi) is 7.00. The minimum absolute atomic E-state index is 0. The van der Waals surface area contributed by atoms with Gasteiger partial charge in [-0.25, -0.2) is 4.39 Å². The van der Waals surface area contributed by atoms with Gasteiger partial charge >= 0.3 is 0 Å². The molecule has 0 aliphatic heterocycles. The van der Waals surface area contributed by atoms with Crippen molar-refractivity contribution in [1.29, 1.82) is 0 Å². The third-order valence-corrected chi connectivity index (χ3v) is 6.22. The molecule has 0 saturated heterocycles. The van der Waals surface area contributed by atoms with E-state index in [1.807, 2.05) is 30.3 Å². The van der Waals surface area contributed by atoms with Crippen molar-refractivity contribution in [2.45, 2.75) is 11.6 Å². The number of hydrogen-bond donors (Lipinski definition) is 0.